The number of piperidine rings is 1. The van der Waals surface area contributed by atoms with E-state index in [2.05, 4.69) is 15.2 Å². The van der Waals surface area contributed by atoms with Gasteiger partial charge in [0.2, 0.25) is 5.91 Å². The standard InChI is InChI=1S/C18H26N4O3/c23-17(22-8-10-25-11-9-22)14-21-7-1-2-15(13-21)12-20-18(24)16-3-5-19-6-4-16/h3-6,15H,1-2,7-14H2,(H,20,24). The monoisotopic (exact) mass is 346 g/mol. The average molecular weight is 346 g/mol. The van der Waals surface area contributed by atoms with Crippen LogP contribution in [0.4, 0.5) is 0 Å². The molecule has 1 atom stereocenters. The molecule has 2 saturated heterocycles. The first kappa shape index (κ1) is 17.8. The molecule has 1 aromatic rings. The van der Waals surface area contributed by atoms with Crippen LogP contribution in [0.2, 0.25) is 0 Å². The van der Waals surface area contributed by atoms with Crippen LogP contribution >= 0.6 is 0 Å². The normalized spacial score (nSPS) is 21.8. The number of likely N-dealkylation sites (tertiary alicyclic amines) is 1. The van der Waals surface area contributed by atoms with Gasteiger partial charge in [-0.1, -0.05) is 0 Å². The number of rotatable bonds is 5. The summed E-state index contributed by atoms with van der Waals surface area (Å²) < 4.78 is 5.30. The molecule has 7 nitrogen and oxygen atoms in total. The second-order valence-electron chi connectivity index (χ2n) is 6.68. The second kappa shape index (κ2) is 8.92. The fourth-order valence-electron chi connectivity index (χ4n) is 3.41. The number of nitrogens with zero attached hydrogens (tertiary/aromatic N) is 3. The maximum absolute atomic E-state index is 12.4. The fraction of sp³-hybridized carbons (Fsp3) is 0.611. The van der Waals surface area contributed by atoms with Gasteiger partial charge in [0.15, 0.2) is 0 Å². The topological polar surface area (TPSA) is 74.8 Å². The van der Waals surface area contributed by atoms with Crippen molar-refractivity contribution in [3.8, 4) is 0 Å². The number of morpholine rings is 1. The predicted octanol–water partition coefficient (Wildman–Crippen LogP) is 0.382. The average Bonchev–Trinajstić information content (AvgIpc) is 2.68. The molecule has 0 spiro atoms. The number of hydrogen-bond acceptors (Lipinski definition) is 5. The first-order chi connectivity index (χ1) is 12.2. The Morgan fingerprint density at radius 2 is 1.96 bits per heavy atom. The summed E-state index contributed by atoms with van der Waals surface area (Å²) in [7, 11) is 0. The van der Waals surface area contributed by atoms with Crippen LogP contribution in [-0.2, 0) is 9.53 Å². The van der Waals surface area contributed by atoms with E-state index in [9.17, 15) is 9.59 Å². The van der Waals surface area contributed by atoms with Crippen molar-refractivity contribution >= 4 is 11.8 Å². The zero-order chi connectivity index (χ0) is 17.5. The largest absolute Gasteiger partial charge is 0.378 e. The molecule has 2 fully saturated rings. The SMILES string of the molecule is O=C(NCC1CCCN(CC(=O)N2CCOCC2)C1)c1ccncc1. The van der Waals surface area contributed by atoms with E-state index < -0.39 is 0 Å². The maximum atomic E-state index is 12.4. The number of pyridine rings is 1. The number of carbonyl (C=O) groups is 2. The van der Waals surface area contributed by atoms with Crippen molar-refractivity contribution in [2.75, 3.05) is 52.5 Å². The first-order valence-corrected chi connectivity index (χ1v) is 8.98. The lowest BCUT2D eigenvalue weighted by molar-refractivity contribution is -0.136. The maximum Gasteiger partial charge on any atom is 0.251 e. The number of amides is 2. The number of ether oxygens (including phenoxy) is 1. The van der Waals surface area contributed by atoms with Gasteiger partial charge in [-0.2, -0.15) is 0 Å². The van der Waals surface area contributed by atoms with Gasteiger partial charge in [0.25, 0.3) is 5.91 Å². The van der Waals surface area contributed by atoms with Crippen molar-refractivity contribution in [2.45, 2.75) is 12.8 Å². The lowest BCUT2D eigenvalue weighted by Crippen LogP contribution is -2.48. The lowest BCUT2D eigenvalue weighted by Gasteiger charge is -2.34. The van der Waals surface area contributed by atoms with Gasteiger partial charge in [-0.05, 0) is 37.4 Å². The smallest absolute Gasteiger partial charge is 0.251 e. The van der Waals surface area contributed by atoms with Crippen LogP contribution in [0.5, 0.6) is 0 Å². The van der Waals surface area contributed by atoms with Crippen LogP contribution < -0.4 is 5.32 Å². The van der Waals surface area contributed by atoms with E-state index >= 15 is 0 Å². The molecule has 0 saturated carbocycles. The molecule has 2 aliphatic rings. The van der Waals surface area contributed by atoms with Crippen LogP contribution in [0.25, 0.3) is 0 Å². The number of hydrogen-bond donors (Lipinski definition) is 1. The molecule has 3 rings (SSSR count). The molecular weight excluding hydrogens is 320 g/mol. The third kappa shape index (κ3) is 5.24. The van der Waals surface area contributed by atoms with Crippen LogP contribution in [0.15, 0.2) is 24.5 Å². The van der Waals surface area contributed by atoms with Gasteiger partial charge in [-0.25, -0.2) is 0 Å². The molecule has 1 unspecified atom stereocenters. The van der Waals surface area contributed by atoms with E-state index in [1.165, 1.54) is 0 Å². The Morgan fingerprint density at radius 1 is 1.20 bits per heavy atom. The molecule has 0 aromatic carbocycles. The number of carbonyl (C=O) groups excluding carboxylic acids is 2. The Labute approximate surface area is 148 Å². The van der Waals surface area contributed by atoms with Crippen molar-refractivity contribution in [3.63, 3.8) is 0 Å². The van der Waals surface area contributed by atoms with Crippen molar-refractivity contribution in [2.24, 2.45) is 5.92 Å². The summed E-state index contributed by atoms with van der Waals surface area (Å²) in [6, 6.07) is 3.42. The first-order valence-electron chi connectivity index (χ1n) is 8.98. The van der Waals surface area contributed by atoms with Gasteiger partial charge in [0, 0.05) is 44.1 Å². The summed E-state index contributed by atoms with van der Waals surface area (Å²) in [5.74, 6) is 0.505. The highest BCUT2D eigenvalue weighted by molar-refractivity contribution is 5.93. The van der Waals surface area contributed by atoms with E-state index in [1.54, 1.807) is 24.5 Å². The number of aromatic nitrogens is 1. The summed E-state index contributed by atoms with van der Waals surface area (Å²) in [5, 5.41) is 3.00. The summed E-state index contributed by atoms with van der Waals surface area (Å²) >= 11 is 0. The zero-order valence-corrected chi connectivity index (χ0v) is 14.5. The molecular formula is C18H26N4O3. The third-order valence-corrected chi connectivity index (χ3v) is 4.82. The van der Waals surface area contributed by atoms with Crippen molar-refractivity contribution in [1.29, 1.82) is 0 Å². The van der Waals surface area contributed by atoms with Crippen LogP contribution in [0.1, 0.15) is 23.2 Å². The molecule has 1 N–H and O–H groups in total. The summed E-state index contributed by atoms with van der Waals surface area (Å²) in [5.41, 5.74) is 0.630. The quantitative estimate of drug-likeness (QED) is 0.834. The van der Waals surface area contributed by atoms with Crippen molar-refractivity contribution in [1.82, 2.24) is 20.1 Å². The minimum Gasteiger partial charge on any atom is -0.378 e. The van der Waals surface area contributed by atoms with Crippen molar-refractivity contribution in [3.05, 3.63) is 30.1 Å². The van der Waals surface area contributed by atoms with E-state index in [-0.39, 0.29) is 11.8 Å². The second-order valence-corrected chi connectivity index (χ2v) is 6.68. The highest BCUT2D eigenvalue weighted by atomic mass is 16.5. The minimum absolute atomic E-state index is 0.0658. The van der Waals surface area contributed by atoms with Gasteiger partial charge in [0.1, 0.15) is 0 Å². The van der Waals surface area contributed by atoms with E-state index in [4.69, 9.17) is 4.74 Å². The van der Waals surface area contributed by atoms with E-state index in [0.29, 0.717) is 50.9 Å². The lowest BCUT2D eigenvalue weighted by atomic mass is 9.98. The van der Waals surface area contributed by atoms with Gasteiger partial charge < -0.3 is 15.0 Å². The minimum atomic E-state index is -0.0658. The van der Waals surface area contributed by atoms with E-state index in [0.717, 1.165) is 25.9 Å². The van der Waals surface area contributed by atoms with E-state index in [1.807, 2.05) is 4.90 Å². The Hall–Kier alpha value is -1.99. The van der Waals surface area contributed by atoms with Crippen LogP contribution in [-0.4, -0.2) is 79.1 Å². The molecule has 2 aliphatic heterocycles. The molecule has 0 bridgehead atoms. The molecule has 3 heterocycles. The predicted molar refractivity (Wildman–Crippen MR) is 93.1 cm³/mol. The zero-order valence-electron chi connectivity index (χ0n) is 14.5. The summed E-state index contributed by atoms with van der Waals surface area (Å²) in [6.45, 7) is 5.57. The van der Waals surface area contributed by atoms with Gasteiger partial charge in [-0.3, -0.25) is 19.5 Å². The Morgan fingerprint density at radius 3 is 2.72 bits per heavy atom. The molecule has 25 heavy (non-hydrogen) atoms. The third-order valence-electron chi connectivity index (χ3n) is 4.82. The Balaban J connectivity index is 1.43. The Kier molecular flexibility index (Phi) is 6.36. The van der Waals surface area contributed by atoms with Crippen LogP contribution in [0.3, 0.4) is 0 Å². The highest BCUT2D eigenvalue weighted by Crippen LogP contribution is 2.16. The molecule has 136 valence electrons. The highest BCUT2D eigenvalue weighted by Gasteiger charge is 2.24. The fourth-order valence-corrected chi connectivity index (χ4v) is 3.41. The number of nitrogens with one attached hydrogen (secondary N) is 1. The van der Waals surface area contributed by atoms with Crippen molar-refractivity contribution < 1.29 is 14.3 Å². The molecule has 1 aromatic heterocycles. The Bertz CT molecular complexity index is 575. The summed E-state index contributed by atoms with van der Waals surface area (Å²) in [4.78, 5) is 32.5. The van der Waals surface area contributed by atoms with Crippen LogP contribution in [0, 0.1) is 5.92 Å². The molecule has 0 radical (unpaired) electrons. The molecule has 2 amide bonds. The van der Waals surface area contributed by atoms with Gasteiger partial charge in [0.05, 0.1) is 19.8 Å². The molecule has 7 heteroatoms. The van der Waals surface area contributed by atoms with Gasteiger partial charge in [-0.15, -0.1) is 0 Å². The van der Waals surface area contributed by atoms with Gasteiger partial charge >= 0.3 is 0 Å². The summed E-state index contributed by atoms with van der Waals surface area (Å²) in [6.07, 6.45) is 5.38. The molecule has 0 aliphatic carbocycles.